The molecule has 3 N–H and O–H groups in total. The van der Waals surface area contributed by atoms with E-state index in [2.05, 4.69) is 76.6 Å². The van der Waals surface area contributed by atoms with E-state index in [0.717, 1.165) is 12.8 Å². The van der Waals surface area contributed by atoms with E-state index in [0.29, 0.717) is 26.2 Å². The Bertz CT molecular complexity index is 1250. The van der Waals surface area contributed by atoms with Crippen molar-refractivity contribution >= 4 is 33.4 Å². The highest BCUT2D eigenvalue weighted by atomic mass is 16.2. The molecule has 1 fully saturated rings. The number of amides is 2. The lowest BCUT2D eigenvalue weighted by Gasteiger charge is -2.18. The highest BCUT2D eigenvalue weighted by molar-refractivity contribution is 5.89. The number of hydrogen-bond acceptors (Lipinski definition) is 3. The van der Waals surface area contributed by atoms with Crippen LogP contribution >= 0.6 is 0 Å². The molecular weight excluding hydrogens is 434 g/mol. The van der Waals surface area contributed by atoms with Gasteiger partial charge in [-0.1, -0.05) is 84.9 Å². The largest absolute Gasteiger partial charge is 0.355 e. The highest BCUT2D eigenvalue weighted by Gasteiger charge is 2.37. The van der Waals surface area contributed by atoms with E-state index >= 15 is 0 Å². The normalized spacial score (nSPS) is 17.5. The Labute approximate surface area is 205 Å². The zero-order valence-electron chi connectivity index (χ0n) is 19.8. The second kappa shape index (κ2) is 10.7. The van der Waals surface area contributed by atoms with Gasteiger partial charge in [-0.2, -0.15) is 0 Å². The van der Waals surface area contributed by atoms with Crippen LogP contribution in [-0.4, -0.2) is 38.0 Å². The van der Waals surface area contributed by atoms with Gasteiger partial charge in [0.05, 0.1) is 11.8 Å². The third-order valence-corrected chi connectivity index (χ3v) is 6.94. The van der Waals surface area contributed by atoms with Crippen molar-refractivity contribution in [3.05, 3.63) is 96.1 Å². The molecule has 1 heterocycles. The van der Waals surface area contributed by atoms with E-state index < -0.39 is 0 Å². The molecule has 5 heteroatoms. The second-order valence-corrected chi connectivity index (χ2v) is 9.32. The first-order valence-electron chi connectivity index (χ1n) is 12.4. The number of rotatable bonds is 8. The molecule has 178 valence electrons. The summed E-state index contributed by atoms with van der Waals surface area (Å²) in [6.07, 6.45) is 1.53. The Balaban J connectivity index is 1.10. The highest BCUT2D eigenvalue weighted by Crippen LogP contribution is 2.19. The van der Waals surface area contributed by atoms with Crippen molar-refractivity contribution in [1.29, 1.82) is 0 Å². The third-order valence-electron chi connectivity index (χ3n) is 6.94. The van der Waals surface area contributed by atoms with Gasteiger partial charge in [0.25, 0.3) is 0 Å². The Morgan fingerprint density at radius 3 is 1.51 bits per heavy atom. The van der Waals surface area contributed by atoms with Crippen LogP contribution in [0.1, 0.15) is 11.1 Å². The zero-order chi connectivity index (χ0) is 24.0. The van der Waals surface area contributed by atoms with Gasteiger partial charge in [0, 0.05) is 26.2 Å². The molecule has 5 nitrogen and oxygen atoms in total. The molecule has 1 saturated heterocycles. The maximum Gasteiger partial charge on any atom is 0.225 e. The first-order valence-corrected chi connectivity index (χ1v) is 12.4. The lowest BCUT2D eigenvalue weighted by atomic mass is 9.94. The van der Waals surface area contributed by atoms with Crippen LogP contribution < -0.4 is 16.0 Å². The number of benzene rings is 4. The average Bonchev–Trinajstić information content (AvgIpc) is 3.39. The Hall–Kier alpha value is -3.70. The summed E-state index contributed by atoms with van der Waals surface area (Å²) in [6, 6.07) is 29.3. The van der Waals surface area contributed by atoms with Crippen molar-refractivity contribution < 1.29 is 9.59 Å². The molecule has 0 aromatic heterocycles. The standard InChI is InChI=1S/C30H31N3O2/c34-29(32-15-13-21-9-11-23-5-1-3-7-25(23)17-21)27-19-31-20-28(27)30(35)33-16-14-22-10-12-24-6-2-4-8-26(24)18-22/h1-12,17-18,27-28,31H,13-16,19-20H2,(H,32,34)(H,33,35)/t27-,28-/m1/s1. The van der Waals surface area contributed by atoms with Crippen LogP contribution in [0.2, 0.25) is 0 Å². The topological polar surface area (TPSA) is 70.2 Å². The van der Waals surface area contributed by atoms with Gasteiger partial charge in [-0.15, -0.1) is 0 Å². The van der Waals surface area contributed by atoms with Gasteiger partial charge in [-0.05, 0) is 45.5 Å². The molecule has 0 bridgehead atoms. The number of fused-ring (bicyclic) bond motifs is 2. The maximum absolute atomic E-state index is 12.9. The molecule has 0 saturated carbocycles. The molecule has 4 aromatic carbocycles. The van der Waals surface area contributed by atoms with Crippen molar-refractivity contribution in [2.45, 2.75) is 12.8 Å². The second-order valence-electron chi connectivity index (χ2n) is 9.32. The van der Waals surface area contributed by atoms with Crippen molar-refractivity contribution in [2.24, 2.45) is 11.8 Å². The van der Waals surface area contributed by atoms with Gasteiger partial charge in [0.1, 0.15) is 0 Å². The van der Waals surface area contributed by atoms with E-state index in [1.165, 1.54) is 32.7 Å². The minimum absolute atomic E-state index is 0.0505. The summed E-state index contributed by atoms with van der Waals surface area (Å²) in [7, 11) is 0. The molecule has 2 amide bonds. The summed E-state index contributed by atoms with van der Waals surface area (Å²) < 4.78 is 0. The smallest absolute Gasteiger partial charge is 0.225 e. The first kappa shape index (κ1) is 23.1. The number of hydrogen-bond donors (Lipinski definition) is 3. The van der Waals surface area contributed by atoms with E-state index in [1.54, 1.807) is 0 Å². The molecule has 1 aliphatic rings. The Morgan fingerprint density at radius 1 is 0.629 bits per heavy atom. The summed E-state index contributed by atoms with van der Waals surface area (Å²) in [5.74, 6) is -0.782. The molecule has 1 aliphatic heterocycles. The summed E-state index contributed by atoms with van der Waals surface area (Å²) in [6.45, 7) is 2.18. The lowest BCUT2D eigenvalue weighted by Crippen LogP contribution is -2.42. The molecule has 5 rings (SSSR count). The van der Waals surface area contributed by atoms with E-state index in [1.807, 2.05) is 24.3 Å². The molecule has 4 aromatic rings. The van der Waals surface area contributed by atoms with Gasteiger partial charge >= 0.3 is 0 Å². The molecular formula is C30H31N3O2. The number of carbonyl (C=O) groups excluding carboxylic acids is 2. The predicted octanol–water partition coefficient (Wildman–Crippen LogP) is 3.85. The van der Waals surface area contributed by atoms with Gasteiger partial charge in [0.15, 0.2) is 0 Å². The zero-order valence-corrected chi connectivity index (χ0v) is 19.8. The number of carbonyl (C=O) groups is 2. The van der Waals surface area contributed by atoms with Crippen LogP contribution in [0.4, 0.5) is 0 Å². The van der Waals surface area contributed by atoms with Crippen LogP contribution in [0.3, 0.4) is 0 Å². The predicted molar refractivity (Wildman–Crippen MR) is 141 cm³/mol. The SMILES string of the molecule is O=C(NCCc1ccc2ccccc2c1)[C@@H]1CNC[C@H]1C(=O)NCCc1ccc2ccccc2c1. The Kier molecular flexibility index (Phi) is 7.05. The summed E-state index contributed by atoms with van der Waals surface area (Å²) in [4.78, 5) is 25.7. The van der Waals surface area contributed by atoms with Crippen LogP contribution in [0.15, 0.2) is 84.9 Å². The van der Waals surface area contributed by atoms with E-state index in [4.69, 9.17) is 0 Å². The monoisotopic (exact) mass is 465 g/mol. The molecule has 0 aliphatic carbocycles. The van der Waals surface area contributed by atoms with Crippen molar-refractivity contribution in [3.63, 3.8) is 0 Å². The molecule has 0 spiro atoms. The number of nitrogens with one attached hydrogen (secondary N) is 3. The van der Waals surface area contributed by atoms with Gasteiger partial charge in [-0.25, -0.2) is 0 Å². The molecule has 2 atom stereocenters. The van der Waals surface area contributed by atoms with E-state index in [9.17, 15) is 9.59 Å². The molecule has 0 radical (unpaired) electrons. The summed E-state index contributed by atoms with van der Waals surface area (Å²) in [5, 5.41) is 14.2. The minimum atomic E-state index is -0.340. The fraction of sp³-hybridized carbons (Fsp3) is 0.267. The average molecular weight is 466 g/mol. The quantitative estimate of drug-likeness (QED) is 0.370. The first-order chi connectivity index (χ1) is 17.2. The third kappa shape index (κ3) is 5.52. The van der Waals surface area contributed by atoms with Crippen LogP contribution in [0.25, 0.3) is 21.5 Å². The fourth-order valence-corrected chi connectivity index (χ4v) is 4.94. The lowest BCUT2D eigenvalue weighted by molar-refractivity contribution is -0.132. The van der Waals surface area contributed by atoms with E-state index in [-0.39, 0.29) is 23.7 Å². The van der Waals surface area contributed by atoms with Gasteiger partial charge in [-0.3, -0.25) is 9.59 Å². The van der Waals surface area contributed by atoms with Crippen molar-refractivity contribution in [2.75, 3.05) is 26.2 Å². The van der Waals surface area contributed by atoms with Crippen molar-refractivity contribution in [1.82, 2.24) is 16.0 Å². The van der Waals surface area contributed by atoms with Crippen LogP contribution in [0.5, 0.6) is 0 Å². The molecule has 35 heavy (non-hydrogen) atoms. The molecule has 0 unspecified atom stereocenters. The van der Waals surface area contributed by atoms with Crippen LogP contribution in [-0.2, 0) is 22.4 Å². The maximum atomic E-state index is 12.9. The van der Waals surface area contributed by atoms with Gasteiger partial charge in [0.2, 0.25) is 11.8 Å². The Morgan fingerprint density at radius 2 is 1.06 bits per heavy atom. The van der Waals surface area contributed by atoms with Gasteiger partial charge < -0.3 is 16.0 Å². The van der Waals surface area contributed by atoms with Crippen molar-refractivity contribution in [3.8, 4) is 0 Å². The fourth-order valence-electron chi connectivity index (χ4n) is 4.94. The minimum Gasteiger partial charge on any atom is -0.355 e. The summed E-state index contributed by atoms with van der Waals surface area (Å²) in [5.41, 5.74) is 2.38. The summed E-state index contributed by atoms with van der Waals surface area (Å²) >= 11 is 0. The van der Waals surface area contributed by atoms with Crippen LogP contribution in [0, 0.1) is 11.8 Å².